The standard InChI is InChI=1S/C31H32O/c1-3-4-25-30(26-17-9-5-10-18-26,27-19-11-6-12-20-27)31(32-2,28-21-13-7-14-22-28)29-23-15-8-16-24-29/h5-24H,3-4,25H2,1-2H3. The number of hydrogen-bond acceptors (Lipinski definition) is 1. The van der Waals surface area contributed by atoms with Crippen molar-refractivity contribution in [3.05, 3.63) is 144 Å². The molecule has 0 amide bonds. The summed E-state index contributed by atoms with van der Waals surface area (Å²) in [6.45, 7) is 2.26. The van der Waals surface area contributed by atoms with Crippen molar-refractivity contribution in [2.45, 2.75) is 37.2 Å². The Bertz CT molecular complexity index is 993. The van der Waals surface area contributed by atoms with Crippen LogP contribution in [0.25, 0.3) is 0 Å². The Morgan fingerprint density at radius 3 is 1.19 bits per heavy atom. The van der Waals surface area contributed by atoms with E-state index in [2.05, 4.69) is 128 Å². The van der Waals surface area contributed by atoms with Gasteiger partial charge >= 0.3 is 0 Å². The van der Waals surface area contributed by atoms with Crippen LogP contribution in [0.5, 0.6) is 0 Å². The summed E-state index contributed by atoms with van der Waals surface area (Å²) < 4.78 is 6.78. The third-order valence-corrected chi connectivity index (χ3v) is 6.71. The lowest BCUT2D eigenvalue weighted by atomic mass is 9.56. The molecule has 0 fully saturated rings. The van der Waals surface area contributed by atoms with Crippen molar-refractivity contribution in [3.63, 3.8) is 0 Å². The third-order valence-electron chi connectivity index (χ3n) is 6.71. The van der Waals surface area contributed by atoms with Gasteiger partial charge in [0.2, 0.25) is 0 Å². The van der Waals surface area contributed by atoms with Crippen molar-refractivity contribution in [2.24, 2.45) is 0 Å². The number of unbranched alkanes of at least 4 members (excludes halogenated alkanes) is 1. The lowest BCUT2D eigenvalue weighted by molar-refractivity contribution is -0.0383. The van der Waals surface area contributed by atoms with Crippen molar-refractivity contribution in [2.75, 3.05) is 7.11 Å². The summed E-state index contributed by atoms with van der Waals surface area (Å²) in [7, 11) is 1.87. The van der Waals surface area contributed by atoms with Crippen molar-refractivity contribution >= 4 is 0 Å². The normalized spacial score (nSPS) is 11.9. The molecule has 0 unspecified atom stereocenters. The molecule has 0 atom stereocenters. The highest BCUT2D eigenvalue weighted by Crippen LogP contribution is 2.56. The van der Waals surface area contributed by atoms with Gasteiger partial charge in [-0.25, -0.2) is 0 Å². The van der Waals surface area contributed by atoms with Gasteiger partial charge in [-0.2, -0.15) is 0 Å². The molecular formula is C31H32O. The highest BCUT2D eigenvalue weighted by molar-refractivity contribution is 5.53. The van der Waals surface area contributed by atoms with Crippen LogP contribution in [0.4, 0.5) is 0 Å². The minimum atomic E-state index is -0.701. The van der Waals surface area contributed by atoms with Gasteiger partial charge in [-0.1, -0.05) is 141 Å². The Hall–Kier alpha value is -3.16. The predicted octanol–water partition coefficient (Wildman–Crippen LogP) is 7.75. The summed E-state index contributed by atoms with van der Waals surface area (Å²) in [5.41, 5.74) is 3.76. The van der Waals surface area contributed by atoms with Crippen LogP contribution in [0.1, 0.15) is 48.4 Å². The molecule has 32 heavy (non-hydrogen) atoms. The highest BCUT2D eigenvalue weighted by Gasteiger charge is 2.55. The fourth-order valence-corrected chi connectivity index (χ4v) is 5.34. The van der Waals surface area contributed by atoms with E-state index in [1.807, 2.05) is 7.11 Å². The Kier molecular flexibility index (Phi) is 6.87. The molecule has 0 bridgehead atoms. The molecule has 0 radical (unpaired) electrons. The van der Waals surface area contributed by atoms with E-state index in [4.69, 9.17) is 4.74 Å². The summed E-state index contributed by atoms with van der Waals surface area (Å²) in [5, 5.41) is 0. The molecule has 1 heteroatoms. The maximum atomic E-state index is 6.78. The molecule has 0 saturated heterocycles. The van der Waals surface area contributed by atoms with Gasteiger partial charge in [0.1, 0.15) is 5.60 Å². The summed E-state index contributed by atoms with van der Waals surface area (Å²) in [4.78, 5) is 0. The summed E-state index contributed by atoms with van der Waals surface area (Å²) in [6, 6.07) is 43.3. The molecule has 4 aromatic rings. The first kappa shape index (κ1) is 22.0. The number of hydrogen-bond donors (Lipinski definition) is 0. The average Bonchev–Trinajstić information content (AvgIpc) is 2.89. The lowest BCUT2D eigenvalue weighted by Crippen LogP contribution is -2.52. The van der Waals surface area contributed by atoms with Crippen molar-refractivity contribution in [1.82, 2.24) is 0 Å². The van der Waals surface area contributed by atoms with E-state index >= 15 is 0 Å². The van der Waals surface area contributed by atoms with Gasteiger partial charge in [0.05, 0.1) is 5.41 Å². The van der Waals surface area contributed by atoms with Gasteiger partial charge < -0.3 is 4.74 Å². The number of benzene rings is 4. The summed E-state index contributed by atoms with van der Waals surface area (Å²) in [5.74, 6) is 0. The second-order valence-corrected chi connectivity index (χ2v) is 8.36. The van der Waals surface area contributed by atoms with Gasteiger partial charge in [0, 0.05) is 7.11 Å². The molecule has 0 saturated carbocycles. The maximum Gasteiger partial charge on any atom is 0.131 e. The van der Waals surface area contributed by atoms with Crippen LogP contribution < -0.4 is 0 Å². The van der Waals surface area contributed by atoms with Gasteiger partial charge in [-0.05, 0) is 28.7 Å². The molecule has 1 nitrogen and oxygen atoms in total. The highest BCUT2D eigenvalue weighted by atomic mass is 16.5. The fraction of sp³-hybridized carbons (Fsp3) is 0.226. The SMILES string of the molecule is CCCCC(c1ccccc1)(c1ccccc1)C(OC)(c1ccccc1)c1ccccc1. The molecule has 0 aliphatic heterocycles. The monoisotopic (exact) mass is 420 g/mol. The van der Waals surface area contributed by atoms with Crippen LogP contribution in [0.3, 0.4) is 0 Å². The van der Waals surface area contributed by atoms with E-state index in [-0.39, 0.29) is 0 Å². The molecular weight excluding hydrogens is 388 g/mol. The molecule has 0 aliphatic rings. The number of ether oxygens (including phenoxy) is 1. The van der Waals surface area contributed by atoms with Crippen LogP contribution in [0, 0.1) is 0 Å². The van der Waals surface area contributed by atoms with Crippen LogP contribution in [0.15, 0.2) is 121 Å². The Balaban J connectivity index is 2.17. The molecule has 4 rings (SSSR count). The van der Waals surface area contributed by atoms with E-state index in [0.717, 1.165) is 30.4 Å². The molecule has 0 heterocycles. The smallest absolute Gasteiger partial charge is 0.131 e. The van der Waals surface area contributed by atoms with E-state index in [1.165, 1.54) is 11.1 Å². The lowest BCUT2D eigenvalue weighted by Gasteiger charge is -2.52. The molecule has 0 aliphatic carbocycles. The molecule has 162 valence electrons. The third kappa shape index (κ3) is 3.67. The minimum Gasteiger partial charge on any atom is -0.367 e. The van der Waals surface area contributed by atoms with Crippen LogP contribution >= 0.6 is 0 Å². The first-order chi connectivity index (χ1) is 15.8. The molecule has 4 aromatic carbocycles. The topological polar surface area (TPSA) is 9.23 Å². The van der Waals surface area contributed by atoms with Crippen LogP contribution in [-0.2, 0) is 15.8 Å². The van der Waals surface area contributed by atoms with E-state index in [1.54, 1.807) is 0 Å². The van der Waals surface area contributed by atoms with Crippen molar-refractivity contribution in [3.8, 4) is 0 Å². The molecule has 0 N–H and O–H groups in total. The predicted molar refractivity (Wildman–Crippen MR) is 134 cm³/mol. The van der Waals surface area contributed by atoms with Crippen molar-refractivity contribution < 1.29 is 4.74 Å². The van der Waals surface area contributed by atoms with Gasteiger partial charge in [-0.3, -0.25) is 0 Å². The van der Waals surface area contributed by atoms with E-state index in [9.17, 15) is 0 Å². The van der Waals surface area contributed by atoms with E-state index in [0.29, 0.717) is 0 Å². The molecule has 0 aromatic heterocycles. The number of rotatable bonds is 9. The van der Waals surface area contributed by atoms with Crippen LogP contribution in [0.2, 0.25) is 0 Å². The largest absolute Gasteiger partial charge is 0.367 e. The Morgan fingerprint density at radius 1 is 0.531 bits per heavy atom. The quantitative estimate of drug-likeness (QED) is 0.269. The zero-order valence-electron chi connectivity index (χ0n) is 19.1. The fourth-order valence-electron chi connectivity index (χ4n) is 5.34. The van der Waals surface area contributed by atoms with Crippen LogP contribution in [-0.4, -0.2) is 7.11 Å². The minimum absolute atomic E-state index is 0.414. The number of methoxy groups -OCH3 is 1. The first-order valence-corrected chi connectivity index (χ1v) is 11.6. The van der Waals surface area contributed by atoms with Crippen molar-refractivity contribution in [1.29, 1.82) is 0 Å². The second kappa shape index (κ2) is 9.97. The second-order valence-electron chi connectivity index (χ2n) is 8.36. The maximum absolute atomic E-state index is 6.78. The Morgan fingerprint density at radius 2 is 0.875 bits per heavy atom. The molecule has 0 spiro atoms. The average molecular weight is 421 g/mol. The van der Waals surface area contributed by atoms with Gasteiger partial charge in [0.15, 0.2) is 0 Å². The van der Waals surface area contributed by atoms with Gasteiger partial charge in [0.25, 0.3) is 0 Å². The Labute approximate surface area is 192 Å². The van der Waals surface area contributed by atoms with Gasteiger partial charge in [-0.15, -0.1) is 0 Å². The zero-order chi connectivity index (χ0) is 22.3. The van der Waals surface area contributed by atoms with E-state index < -0.39 is 11.0 Å². The summed E-state index contributed by atoms with van der Waals surface area (Å²) >= 11 is 0. The summed E-state index contributed by atoms with van der Waals surface area (Å²) in [6.07, 6.45) is 3.18. The first-order valence-electron chi connectivity index (χ1n) is 11.6. The zero-order valence-corrected chi connectivity index (χ0v) is 19.1.